The third-order valence-electron chi connectivity index (χ3n) is 6.40. The summed E-state index contributed by atoms with van der Waals surface area (Å²) >= 11 is 0. The normalized spacial score (nSPS) is 14.1. The number of aryl methyl sites for hydroxylation is 1. The number of nitrogens with zero attached hydrogens (tertiary/aromatic N) is 4. The summed E-state index contributed by atoms with van der Waals surface area (Å²) in [5.74, 6) is 1.66. The van der Waals surface area contributed by atoms with Crippen molar-refractivity contribution in [2.75, 3.05) is 0 Å². The zero-order chi connectivity index (χ0) is 23.3. The molecular weight excluding hydrogens is 430 g/mol. The molecule has 34 heavy (non-hydrogen) atoms. The fourth-order valence-electron chi connectivity index (χ4n) is 4.56. The maximum atomic E-state index is 12.4. The van der Waals surface area contributed by atoms with Gasteiger partial charge in [0.05, 0.1) is 33.7 Å². The van der Waals surface area contributed by atoms with Crippen molar-refractivity contribution in [1.29, 1.82) is 0 Å². The van der Waals surface area contributed by atoms with Crippen LogP contribution < -0.4 is 0 Å². The van der Waals surface area contributed by atoms with E-state index in [4.69, 9.17) is 9.51 Å². The highest BCUT2D eigenvalue weighted by molar-refractivity contribution is 5.88. The Morgan fingerprint density at radius 2 is 1.76 bits per heavy atom. The molecule has 5 aromatic rings. The van der Waals surface area contributed by atoms with E-state index in [-0.39, 0.29) is 6.61 Å². The molecule has 0 radical (unpaired) electrons. The molecule has 0 amide bonds. The molecular formula is C26H23N5O3. The number of aromatic amines is 1. The van der Waals surface area contributed by atoms with E-state index in [1.165, 1.54) is 0 Å². The van der Waals surface area contributed by atoms with Crippen molar-refractivity contribution in [3.63, 3.8) is 0 Å². The second-order valence-corrected chi connectivity index (χ2v) is 8.68. The van der Waals surface area contributed by atoms with Gasteiger partial charge in [-0.05, 0) is 61.7 Å². The first-order valence-corrected chi connectivity index (χ1v) is 11.3. The number of fused-ring (bicyclic) bond motifs is 1. The van der Waals surface area contributed by atoms with Gasteiger partial charge in [-0.25, -0.2) is 4.98 Å². The van der Waals surface area contributed by atoms with E-state index in [0.29, 0.717) is 45.4 Å². The van der Waals surface area contributed by atoms with Crippen LogP contribution in [0.25, 0.3) is 22.2 Å². The predicted molar refractivity (Wildman–Crippen MR) is 125 cm³/mol. The Balaban J connectivity index is 1.69. The van der Waals surface area contributed by atoms with E-state index in [0.717, 1.165) is 29.7 Å². The number of aliphatic hydroxyl groups is 2. The van der Waals surface area contributed by atoms with E-state index in [1.54, 1.807) is 24.5 Å². The molecule has 6 rings (SSSR count). The van der Waals surface area contributed by atoms with Crippen molar-refractivity contribution in [2.24, 2.45) is 0 Å². The quantitative estimate of drug-likeness (QED) is 0.356. The first-order chi connectivity index (χ1) is 16.6. The Morgan fingerprint density at radius 3 is 2.35 bits per heavy atom. The summed E-state index contributed by atoms with van der Waals surface area (Å²) < 4.78 is 5.35. The highest BCUT2D eigenvalue weighted by Gasteiger charge is 2.40. The summed E-state index contributed by atoms with van der Waals surface area (Å²) in [6, 6.07) is 14.7. The van der Waals surface area contributed by atoms with E-state index in [2.05, 4.69) is 20.1 Å². The highest BCUT2D eigenvalue weighted by atomic mass is 16.5. The molecule has 3 N–H and O–H groups in total. The van der Waals surface area contributed by atoms with Crippen molar-refractivity contribution in [3.05, 3.63) is 95.2 Å². The van der Waals surface area contributed by atoms with Gasteiger partial charge < -0.3 is 19.7 Å². The summed E-state index contributed by atoms with van der Waals surface area (Å²) in [5, 5.41) is 26.3. The van der Waals surface area contributed by atoms with Crippen LogP contribution >= 0.6 is 0 Å². The number of aliphatic hydroxyl groups excluding tert-OH is 1. The molecule has 4 heterocycles. The van der Waals surface area contributed by atoms with Gasteiger partial charge >= 0.3 is 0 Å². The lowest BCUT2D eigenvalue weighted by atomic mass is 9.83. The fourth-order valence-corrected chi connectivity index (χ4v) is 4.56. The zero-order valence-corrected chi connectivity index (χ0v) is 18.6. The molecule has 0 spiro atoms. The lowest BCUT2D eigenvalue weighted by Gasteiger charge is -2.28. The minimum Gasteiger partial charge on any atom is -0.388 e. The number of hydrogen-bond acceptors (Lipinski definition) is 7. The van der Waals surface area contributed by atoms with Crippen molar-refractivity contribution >= 4 is 11.0 Å². The SMILES string of the molecule is Cc1noc(CO)c1-c1cc(C(O)(c2ccccn2)c2ccccn2)c2nc(C3CC3)[nH]c2c1. The van der Waals surface area contributed by atoms with Crippen molar-refractivity contribution < 1.29 is 14.7 Å². The molecule has 1 aliphatic rings. The molecule has 0 unspecified atom stereocenters. The maximum Gasteiger partial charge on any atom is 0.176 e. The van der Waals surface area contributed by atoms with Crippen LogP contribution in [0.1, 0.15) is 53.0 Å². The number of benzene rings is 1. The summed E-state index contributed by atoms with van der Waals surface area (Å²) in [4.78, 5) is 17.4. The predicted octanol–water partition coefficient (Wildman–Crippen LogP) is 3.97. The standard InChI is InChI=1S/C26H23N5O3/c1-15-23(20(14-32)34-31-15)17-12-18(24-19(13-17)29-25(30-24)16-8-9-16)26(33,21-6-2-4-10-27-21)22-7-3-5-11-28-22/h2-7,10-13,16,32-33H,8-9,14H2,1H3,(H,29,30). The van der Waals surface area contributed by atoms with E-state index >= 15 is 0 Å². The third kappa shape index (κ3) is 3.22. The van der Waals surface area contributed by atoms with Crippen molar-refractivity contribution in [3.8, 4) is 11.1 Å². The summed E-state index contributed by atoms with van der Waals surface area (Å²) in [6.45, 7) is 1.54. The lowest BCUT2D eigenvalue weighted by Crippen LogP contribution is -2.31. The first-order valence-electron chi connectivity index (χ1n) is 11.3. The minimum atomic E-state index is -1.67. The molecule has 0 aliphatic heterocycles. The Kier molecular flexibility index (Phi) is 4.79. The fraction of sp³-hybridized carbons (Fsp3) is 0.231. The minimum absolute atomic E-state index is 0.287. The lowest BCUT2D eigenvalue weighted by molar-refractivity contribution is 0.117. The summed E-state index contributed by atoms with van der Waals surface area (Å²) in [7, 11) is 0. The smallest absolute Gasteiger partial charge is 0.176 e. The first kappa shape index (κ1) is 20.7. The van der Waals surface area contributed by atoms with E-state index in [1.807, 2.05) is 43.3 Å². The molecule has 0 atom stereocenters. The van der Waals surface area contributed by atoms with Crippen LogP contribution in [-0.4, -0.2) is 35.3 Å². The zero-order valence-electron chi connectivity index (χ0n) is 18.6. The number of H-pyrrole nitrogens is 1. The average molecular weight is 454 g/mol. The van der Waals surface area contributed by atoms with Crippen LogP contribution in [0, 0.1) is 6.92 Å². The van der Waals surface area contributed by atoms with Gasteiger partial charge in [0.15, 0.2) is 11.4 Å². The molecule has 1 aliphatic carbocycles. The van der Waals surface area contributed by atoms with Gasteiger partial charge in [0.2, 0.25) is 0 Å². The molecule has 0 bridgehead atoms. The van der Waals surface area contributed by atoms with Crippen LogP contribution in [0.5, 0.6) is 0 Å². The summed E-state index contributed by atoms with van der Waals surface area (Å²) in [5.41, 5.74) is 3.28. The Hall–Kier alpha value is -3.88. The number of rotatable bonds is 6. The maximum absolute atomic E-state index is 12.4. The third-order valence-corrected chi connectivity index (χ3v) is 6.40. The van der Waals surface area contributed by atoms with Crippen molar-refractivity contribution in [2.45, 2.75) is 37.9 Å². The van der Waals surface area contributed by atoms with Crippen LogP contribution in [0.4, 0.5) is 0 Å². The number of nitrogens with one attached hydrogen (secondary N) is 1. The summed E-state index contributed by atoms with van der Waals surface area (Å²) in [6.07, 6.45) is 5.48. The van der Waals surface area contributed by atoms with Gasteiger partial charge in [-0.15, -0.1) is 0 Å². The van der Waals surface area contributed by atoms with Crippen LogP contribution in [0.2, 0.25) is 0 Å². The van der Waals surface area contributed by atoms with Gasteiger partial charge in [0, 0.05) is 23.9 Å². The van der Waals surface area contributed by atoms with Crippen LogP contribution in [0.15, 0.2) is 65.4 Å². The molecule has 1 saturated carbocycles. The van der Waals surface area contributed by atoms with E-state index < -0.39 is 5.60 Å². The topological polar surface area (TPSA) is 121 Å². The molecule has 1 fully saturated rings. The van der Waals surface area contributed by atoms with E-state index in [9.17, 15) is 10.2 Å². The van der Waals surface area contributed by atoms with Gasteiger partial charge in [0.1, 0.15) is 12.4 Å². The second-order valence-electron chi connectivity index (χ2n) is 8.68. The van der Waals surface area contributed by atoms with Gasteiger partial charge in [-0.1, -0.05) is 17.3 Å². The molecule has 170 valence electrons. The van der Waals surface area contributed by atoms with Crippen LogP contribution in [-0.2, 0) is 12.2 Å². The number of imidazole rings is 1. The van der Waals surface area contributed by atoms with Gasteiger partial charge in [-0.2, -0.15) is 0 Å². The van der Waals surface area contributed by atoms with Crippen LogP contribution in [0.3, 0.4) is 0 Å². The number of hydrogen-bond donors (Lipinski definition) is 3. The Bertz CT molecular complexity index is 1430. The van der Waals surface area contributed by atoms with Gasteiger partial charge in [0.25, 0.3) is 0 Å². The largest absolute Gasteiger partial charge is 0.388 e. The Labute approximate surface area is 195 Å². The molecule has 0 saturated heterocycles. The Morgan fingerprint density at radius 1 is 1.06 bits per heavy atom. The molecule has 8 heteroatoms. The number of pyridine rings is 2. The molecule has 4 aromatic heterocycles. The average Bonchev–Trinajstić information content (AvgIpc) is 3.54. The molecule has 8 nitrogen and oxygen atoms in total. The van der Waals surface area contributed by atoms with Gasteiger partial charge in [-0.3, -0.25) is 9.97 Å². The molecule has 1 aromatic carbocycles. The highest BCUT2D eigenvalue weighted by Crippen LogP contribution is 2.44. The number of aromatic nitrogens is 5. The monoisotopic (exact) mass is 453 g/mol. The second kappa shape index (κ2) is 7.86. The van der Waals surface area contributed by atoms with Crippen molar-refractivity contribution in [1.82, 2.24) is 25.1 Å².